The summed E-state index contributed by atoms with van der Waals surface area (Å²) in [5.41, 5.74) is 0.637. The zero-order chi connectivity index (χ0) is 7.52. The SMILES string of the molecule is [c]1nccnc1-c1ccco1. The molecule has 0 aliphatic heterocycles. The zero-order valence-electron chi connectivity index (χ0n) is 5.69. The van der Waals surface area contributed by atoms with Crippen LogP contribution in [0.25, 0.3) is 11.5 Å². The Labute approximate surface area is 63.7 Å². The first-order valence-electron chi connectivity index (χ1n) is 3.19. The monoisotopic (exact) mass is 145 g/mol. The maximum atomic E-state index is 5.09. The van der Waals surface area contributed by atoms with Gasteiger partial charge in [-0.2, -0.15) is 0 Å². The van der Waals surface area contributed by atoms with E-state index in [1.807, 2.05) is 6.07 Å². The smallest absolute Gasteiger partial charge is 0.154 e. The average molecular weight is 145 g/mol. The third-order valence-corrected chi connectivity index (χ3v) is 1.27. The van der Waals surface area contributed by atoms with E-state index in [9.17, 15) is 0 Å². The van der Waals surface area contributed by atoms with Gasteiger partial charge in [-0.15, -0.1) is 0 Å². The fraction of sp³-hybridized carbons (Fsp3) is 0. The van der Waals surface area contributed by atoms with Crippen molar-refractivity contribution in [1.82, 2.24) is 9.97 Å². The summed E-state index contributed by atoms with van der Waals surface area (Å²) < 4.78 is 5.09. The van der Waals surface area contributed by atoms with Crippen LogP contribution in [0, 0.1) is 6.20 Å². The second-order valence-corrected chi connectivity index (χ2v) is 1.99. The van der Waals surface area contributed by atoms with Gasteiger partial charge in [-0.25, -0.2) is 4.98 Å². The first kappa shape index (κ1) is 6.09. The van der Waals surface area contributed by atoms with Gasteiger partial charge >= 0.3 is 0 Å². The van der Waals surface area contributed by atoms with Crippen molar-refractivity contribution in [3.63, 3.8) is 0 Å². The fourth-order valence-electron chi connectivity index (χ4n) is 0.800. The van der Waals surface area contributed by atoms with Crippen molar-refractivity contribution >= 4 is 0 Å². The van der Waals surface area contributed by atoms with Gasteiger partial charge in [-0.05, 0) is 12.1 Å². The molecule has 2 aromatic heterocycles. The lowest BCUT2D eigenvalue weighted by Gasteiger charge is -1.89. The van der Waals surface area contributed by atoms with Gasteiger partial charge in [0.2, 0.25) is 0 Å². The van der Waals surface area contributed by atoms with Gasteiger partial charge < -0.3 is 4.42 Å². The minimum Gasteiger partial charge on any atom is -0.463 e. The van der Waals surface area contributed by atoms with Crippen molar-refractivity contribution in [3.05, 3.63) is 37.0 Å². The molecule has 0 spiro atoms. The molecule has 0 aromatic carbocycles. The summed E-state index contributed by atoms with van der Waals surface area (Å²) in [6.45, 7) is 0. The van der Waals surface area contributed by atoms with Crippen LogP contribution in [0.1, 0.15) is 0 Å². The van der Waals surface area contributed by atoms with E-state index in [0.29, 0.717) is 11.5 Å². The number of hydrogen-bond acceptors (Lipinski definition) is 3. The maximum absolute atomic E-state index is 5.09. The molecule has 3 nitrogen and oxygen atoms in total. The lowest BCUT2D eigenvalue weighted by molar-refractivity contribution is 0.579. The average Bonchev–Trinajstić information content (AvgIpc) is 2.58. The summed E-state index contributed by atoms with van der Waals surface area (Å²) in [6, 6.07) is 3.62. The van der Waals surface area contributed by atoms with Crippen molar-refractivity contribution in [2.45, 2.75) is 0 Å². The fourth-order valence-corrected chi connectivity index (χ4v) is 0.800. The van der Waals surface area contributed by atoms with Crippen LogP contribution in [0.3, 0.4) is 0 Å². The molecule has 0 saturated carbocycles. The van der Waals surface area contributed by atoms with Crippen molar-refractivity contribution in [2.24, 2.45) is 0 Å². The number of furan rings is 1. The summed E-state index contributed by atoms with van der Waals surface area (Å²) in [6.07, 6.45) is 7.49. The van der Waals surface area contributed by atoms with E-state index >= 15 is 0 Å². The molecule has 0 unspecified atom stereocenters. The van der Waals surface area contributed by atoms with Crippen LogP contribution in [0.5, 0.6) is 0 Å². The lowest BCUT2D eigenvalue weighted by Crippen LogP contribution is -1.81. The third kappa shape index (κ3) is 1.12. The molecule has 0 aliphatic rings. The van der Waals surface area contributed by atoms with Crippen LogP contribution in [-0.4, -0.2) is 9.97 Å². The van der Waals surface area contributed by atoms with E-state index in [1.165, 1.54) is 0 Å². The Bertz CT molecular complexity index is 315. The number of rotatable bonds is 1. The van der Waals surface area contributed by atoms with Crippen LogP contribution in [0.2, 0.25) is 0 Å². The van der Waals surface area contributed by atoms with Gasteiger partial charge in [-0.3, -0.25) is 4.98 Å². The summed E-state index contributed by atoms with van der Waals surface area (Å²) in [4.78, 5) is 7.80. The number of hydrogen-bond donors (Lipinski definition) is 0. The number of aromatic nitrogens is 2. The second-order valence-electron chi connectivity index (χ2n) is 1.99. The Hall–Kier alpha value is -1.64. The van der Waals surface area contributed by atoms with E-state index in [4.69, 9.17) is 4.42 Å². The minimum atomic E-state index is 0.637. The Kier molecular flexibility index (Phi) is 1.41. The van der Waals surface area contributed by atoms with E-state index in [0.717, 1.165) is 0 Å². The highest BCUT2D eigenvalue weighted by molar-refractivity contribution is 5.48. The molecular formula is C8H5N2O. The second kappa shape index (κ2) is 2.54. The highest BCUT2D eigenvalue weighted by Gasteiger charge is 1.99. The molecule has 2 rings (SSSR count). The Balaban J connectivity index is 2.46. The first-order chi connectivity index (χ1) is 5.47. The summed E-state index contributed by atoms with van der Waals surface area (Å²) in [5.74, 6) is 0.693. The molecule has 0 bridgehead atoms. The van der Waals surface area contributed by atoms with Crippen molar-refractivity contribution in [3.8, 4) is 11.5 Å². The molecular weight excluding hydrogens is 140 g/mol. The van der Waals surface area contributed by atoms with Crippen molar-refractivity contribution in [1.29, 1.82) is 0 Å². The summed E-state index contributed by atoms with van der Waals surface area (Å²) >= 11 is 0. The van der Waals surface area contributed by atoms with Crippen LogP contribution in [-0.2, 0) is 0 Å². The van der Waals surface area contributed by atoms with E-state index < -0.39 is 0 Å². The molecule has 0 saturated heterocycles. The van der Waals surface area contributed by atoms with Gasteiger partial charge in [0.25, 0.3) is 0 Å². The molecule has 11 heavy (non-hydrogen) atoms. The Morgan fingerprint density at radius 1 is 1.36 bits per heavy atom. The van der Waals surface area contributed by atoms with Gasteiger partial charge in [0, 0.05) is 12.4 Å². The Morgan fingerprint density at radius 3 is 3.00 bits per heavy atom. The predicted octanol–water partition coefficient (Wildman–Crippen LogP) is 1.54. The van der Waals surface area contributed by atoms with Crippen LogP contribution in [0.15, 0.2) is 35.2 Å². The van der Waals surface area contributed by atoms with Gasteiger partial charge in [0.15, 0.2) is 5.76 Å². The zero-order valence-corrected chi connectivity index (χ0v) is 5.69. The normalized spacial score (nSPS) is 9.82. The van der Waals surface area contributed by atoms with Crippen molar-refractivity contribution < 1.29 is 4.42 Å². The Morgan fingerprint density at radius 2 is 2.36 bits per heavy atom. The molecule has 1 radical (unpaired) electrons. The highest BCUT2D eigenvalue weighted by atomic mass is 16.3. The summed E-state index contributed by atoms with van der Waals surface area (Å²) in [5, 5.41) is 0. The van der Waals surface area contributed by atoms with E-state index in [1.54, 1.807) is 24.7 Å². The van der Waals surface area contributed by atoms with E-state index in [2.05, 4.69) is 16.2 Å². The third-order valence-electron chi connectivity index (χ3n) is 1.27. The molecule has 2 heterocycles. The summed E-state index contributed by atoms with van der Waals surface area (Å²) in [7, 11) is 0. The maximum Gasteiger partial charge on any atom is 0.154 e. The minimum absolute atomic E-state index is 0.637. The quantitative estimate of drug-likeness (QED) is 0.610. The standard InChI is InChI=1S/C8H5N2O/c1-2-8(11-5-1)7-6-9-3-4-10-7/h1-5H. The largest absolute Gasteiger partial charge is 0.463 e. The molecule has 0 amide bonds. The number of nitrogens with zero attached hydrogens (tertiary/aromatic N) is 2. The topological polar surface area (TPSA) is 38.9 Å². The van der Waals surface area contributed by atoms with Crippen LogP contribution in [0.4, 0.5) is 0 Å². The van der Waals surface area contributed by atoms with Gasteiger partial charge in [0.1, 0.15) is 11.9 Å². The molecule has 0 aliphatic carbocycles. The highest BCUT2D eigenvalue weighted by Crippen LogP contribution is 2.13. The van der Waals surface area contributed by atoms with Crippen LogP contribution >= 0.6 is 0 Å². The van der Waals surface area contributed by atoms with Gasteiger partial charge in [-0.1, -0.05) is 0 Å². The molecule has 53 valence electrons. The molecule has 0 fully saturated rings. The molecule has 0 atom stereocenters. The predicted molar refractivity (Wildman–Crippen MR) is 38.6 cm³/mol. The lowest BCUT2D eigenvalue weighted by atomic mass is 10.3. The van der Waals surface area contributed by atoms with Crippen molar-refractivity contribution in [2.75, 3.05) is 0 Å². The van der Waals surface area contributed by atoms with E-state index in [-0.39, 0.29) is 0 Å². The first-order valence-corrected chi connectivity index (χ1v) is 3.19. The molecule has 3 heteroatoms. The molecule has 0 N–H and O–H groups in total. The van der Waals surface area contributed by atoms with Crippen LogP contribution < -0.4 is 0 Å². The molecule has 2 aromatic rings. The van der Waals surface area contributed by atoms with Gasteiger partial charge in [0.05, 0.1) is 6.26 Å².